The molecule has 48 heavy (non-hydrogen) atoms. The molecule has 0 spiro atoms. The summed E-state index contributed by atoms with van der Waals surface area (Å²) in [4.78, 5) is -0.752. The zero-order chi connectivity index (χ0) is 34.2. The second-order valence-corrected chi connectivity index (χ2v) is 15.8. The maximum Gasteiger partial charge on any atom is 0.142 e. The van der Waals surface area contributed by atoms with Gasteiger partial charge in [0.25, 0.3) is 0 Å². The van der Waals surface area contributed by atoms with Gasteiger partial charge in [0.2, 0.25) is 0 Å². The highest BCUT2D eigenvalue weighted by molar-refractivity contribution is 4.53. The van der Waals surface area contributed by atoms with E-state index in [0.29, 0.717) is 13.1 Å². The van der Waals surface area contributed by atoms with Crippen molar-refractivity contribution in [2.75, 3.05) is 13.1 Å². The minimum atomic E-state index is -0.752. The third-order valence-corrected chi connectivity index (χ3v) is 10.7. The highest BCUT2D eigenvalue weighted by atomic mass is 35.5. The first kappa shape index (κ1) is 50.3. The first-order valence-electron chi connectivity index (χ1n) is 22.4. The summed E-state index contributed by atoms with van der Waals surface area (Å²) in [5.41, 5.74) is 0. The zero-order valence-corrected chi connectivity index (χ0v) is 34.2. The molecule has 0 fully saturated rings. The Morgan fingerprint density at radius 3 is 0.500 bits per heavy atom. The first-order chi connectivity index (χ1) is 23.1. The Hall–Kier alpha value is 0.170. The molecule has 0 rings (SSSR count). The molecule has 2 N–H and O–H groups in total. The summed E-state index contributed by atoms with van der Waals surface area (Å²) >= 11 is 0. The van der Waals surface area contributed by atoms with Gasteiger partial charge in [-0.15, -0.1) is 0 Å². The van der Waals surface area contributed by atoms with Crippen LogP contribution in [0.1, 0.15) is 271 Å². The summed E-state index contributed by atoms with van der Waals surface area (Å²) < 4.78 is 0. The summed E-state index contributed by atoms with van der Waals surface area (Å²) in [7, 11) is 0. The summed E-state index contributed by atoms with van der Waals surface area (Å²) in [6.45, 7) is 5.59. The normalized spacial score (nSPS) is 11.8. The summed E-state index contributed by atoms with van der Waals surface area (Å²) in [5.74, 6) is 0. The van der Waals surface area contributed by atoms with E-state index in [1.54, 1.807) is 0 Å². The number of unbranched alkanes of at least 4 members (excludes halogenated alkanes) is 38. The number of hydrogen-bond acceptors (Lipinski definition) is 2. The highest BCUT2D eigenvalue weighted by Crippen LogP contribution is 2.17. The largest absolute Gasteiger partial charge is 1.00 e. The molecule has 0 aromatic carbocycles. The van der Waals surface area contributed by atoms with E-state index >= 15 is 0 Å². The predicted molar refractivity (Wildman–Crippen MR) is 210 cm³/mol. The average Bonchev–Trinajstić information content (AvgIpc) is 3.06. The SMILES string of the molecule is CCCCCCCCCCCCCCCCCCCCCC[N+](O)(O)CCCCCCCCCCCCCCCCCCCCCC.[Cl-]. The van der Waals surface area contributed by atoms with E-state index in [2.05, 4.69) is 13.8 Å². The van der Waals surface area contributed by atoms with Crippen LogP contribution in [0.15, 0.2) is 0 Å². The third-order valence-electron chi connectivity index (χ3n) is 10.7. The van der Waals surface area contributed by atoms with Crippen LogP contribution < -0.4 is 12.4 Å². The molecule has 0 aliphatic carbocycles. The highest BCUT2D eigenvalue weighted by Gasteiger charge is 2.21. The van der Waals surface area contributed by atoms with Crippen LogP contribution >= 0.6 is 0 Å². The number of halogens is 1. The van der Waals surface area contributed by atoms with Crippen molar-refractivity contribution in [2.45, 2.75) is 271 Å². The molecule has 0 atom stereocenters. The third kappa shape index (κ3) is 44.2. The molecular formula is C44H92ClNO2. The number of nitrogens with zero attached hydrogens (tertiary/aromatic N) is 1. The van der Waals surface area contributed by atoms with Gasteiger partial charge in [0, 0.05) is 12.8 Å². The topological polar surface area (TPSA) is 40.5 Å². The molecule has 0 radical (unpaired) electrons. The van der Waals surface area contributed by atoms with E-state index in [-0.39, 0.29) is 12.4 Å². The molecule has 3 nitrogen and oxygen atoms in total. The molecule has 0 saturated carbocycles. The van der Waals surface area contributed by atoms with Crippen molar-refractivity contribution in [1.29, 1.82) is 0 Å². The molecule has 0 aliphatic heterocycles. The molecule has 0 aliphatic rings. The monoisotopic (exact) mass is 702 g/mol. The van der Waals surface area contributed by atoms with Gasteiger partial charge in [0.05, 0.1) is 0 Å². The van der Waals surface area contributed by atoms with Crippen LogP contribution in [0.5, 0.6) is 0 Å². The Bertz CT molecular complexity index is 512. The molecule has 4 heteroatoms. The Morgan fingerprint density at radius 1 is 0.229 bits per heavy atom. The van der Waals surface area contributed by atoms with Crippen LogP contribution in [-0.4, -0.2) is 28.3 Å². The molecule has 0 amide bonds. The summed E-state index contributed by atoms with van der Waals surface area (Å²) in [5, 5.41) is 20.6. The second-order valence-electron chi connectivity index (χ2n) is 15.8. The van der Waals surface area contributed by atoms with E-state index in [9.17, 15) is 10.4 Å². The van der Waals surface area contributed by atoms with Crippen LogP contribution in [-0.2, 0) is 0 Å². The zero-order valence-electron chi connectivity index (χ0n) is 33.4. The number of quaternary nitrogens is 1. The predicted octanol–water partition coefficient (Wildman–Crippen LogP) is 13.2. The lowest BCUT2D eigenvalue weighted by Crippen LogP contribution is -3.00. The van der Waals surface area contributed by atoms with Gasteiger partial charge >= 0.3 is 0 Å². The molecule has 0 saturated heterocycles. The summed E-state index contributed by atoms with van der Waals surface area (Å²) in [6.07, 6.45) is 55.0. The smallest absolute Gasteiger partial charge is 0.142 e. The minimum Gasteiger partial charge on any atom is -1.00 e. The van der Waals surface area contributed by atoms with Crippen LogP contribution in [0.2, 0.25) is 0 Å². The van der Waals surface area contributed by atoms with Crippen molar-refractivity contribution in [3.05, 3.63) is 0 Å². The maximum absolute atomic E-state index is 10.3. The fourth-order valence-electron chi connectivity index (χ4n) is 7.35. The first-order valence-corrected chi connectivity index (χ1v) is 22.4. The van der Waals surface area contributed by atoms with E-state index in [1.165, 1.54) is 231 Å². The quantitative estimate of drug-likeness (QED) is 0.0378. The van der Waals surface area contributed by atoms with Gasteiger partial charge in [0.15, 0.2) is 0 Å². The van der Waals surface area contributed by atoms with E-state index in [1.807, 2.05) is 0 Å². The van der Waals surface area contributed by atoms with Gasteiger partial charge in [-0.2, -0.15) is 10.4 Å². The number of rotatable bonds is 42. The lowest BCUT2D eigenvalue weighted by Gasteiger charge is -2.21. The maximum atomic E-state index is 10.3. The molecular weight excluding hydrogens is 610 g/mol. The van der Waals surface area contributed by atoms with Gasteiger partial charge < -0.3 is 12.4 Å². The van der Waals surface area contributed by atoms with E-state index in [0.717, 1.165) is 25.7 Å². The number of hydrogen-bond donors (Lipinski definition) is 2. The lowest BCUT2D eigenvalue weighted by atomic mass is 10.0. The van der Waals surface area contributed by atoms with Crippen molar-refractivity contribution < 1.29 is 27.6 Å². The van der Waals surface area contributed by atoms with Crippen molar-refractivity contribution in [3.8, 4) is 0 Å². The van der Waals surface area contributed by atoms with Crippen LogP contribution in [0.3, 0.4) is 0 Å². The molecule has 0 aromatic heterocycles. The summed E-state index contributed by atoms with van der Waals surface area (Å²) in [6, 6.07) is 0. The van der Waals surface area contributed by atoms with Crippen LogP contribution in [0.25, 0.3) is 0 Å². The molecule has 292 valence electrons. The van der Waals surface area contributed by atoms with Crippen LogP contribution in [0, 0.1) is 0 Å². The van der Waals surface area contributed by atoms with Gasteiger partial charge in [-0.1, -0.05) is 245 Å². The van der Waals surface area contributed by atoms with Crippen molar-refractivity contribution in [2.24, 2.45) is 0 Å². The van der Waals surface area contributed by atoms with Crippen molar-refractivity contribution in [1.82, 2.24) is 0 Å². The van der Waals surface area contributed by atoms with E-state index in [4.69, 9.17) is 0 Å². The van der Waals surface area contributed by atoms with Crippen LogP contribution in [0.4, 0.5) is 0 Å². The Balaban J connectivity index is 0. The number of hydroxylamine groups is 4. The Labute approximate surface area is 310 Å². The fourth-order valence-corrected chi connectivity index (χ4v) is 7.35. The van der Waals surface area contributed by atoms with Gasteiger partial charge in [0.1, 0.15) is 13.1 Å². The molecule has 0 heterocycles. The molecule has 0 aromatic rings. The molecule has 0 unspecified atom stereocenters. The van der Waals surface area contributed by atoms with Gasteiger partial charge in [-0.05, 0) is 17.7 Å². The molecule has 0 bridgehead atoms. The van der Waals surface area contributed by atoms with Crippen molar-refractivity contribution >= 4 is 0 Å². The average molecular weight is 703 g/mol. The standard InChI is InChI=1S/C44H92NO2.ClH/c1-3-5-7-9-11-13-15-17-19-21-23-25-27-29-31-33-35-37-39-41-43-45(46,47)44-42-40-38-36-34-32-30-28-26-24-22-20-18-16-14-12-10-8-6-4-2;/h46-47H,3-44H2,1-2H3;1H/q+1;/p-1. The van der Waals surface area contributed by atoms with Gasteiger partial charge in [-0.3, -0.25) is 0 Å². The second kappa shape index (κ2) is 43.3. The van der Waals surface area contributed by atoms with Crippen molar-refractivity contribution in [3.63, 3.8) is 0 Å². The lowest BCUT2D eigenvalue weighted by molar-refractivity contribution is -1.24. The Morgan fingerprint density at radius 2 is 0.354 bits per heavy atom. The fraction of sp³-hybridized carbons (Fsp3) is 1.00. The van der Waals surface area contributed by atoms with E-state index < -0.39 is 4.81 Å². The minimum absolute atomic E-state index is 0. The van der Waals surface area contributed by atoms with Gasteiger partial charge in [-0.25, -0.2) is 0 Å². The Kier molecular flexibility index (Phi) is 45.4.